The molecule has 0 saturated carbocycles. The SMILES string of the molecule is Cc1cccc(C#N)c1C(O)C(O)CCCl. The Morgan fingerprint density at radius 3 is 2.69 bits per heavy atom. The van der Waals surface area contributed by atoms with Gasteiger partial charge >= 0.3 is 0 Å². The van der Waals surface area contributed by atoms with Gasteiger partial charge in [0.1, 0.15) is 6.10 Å². The third kappa shape index (κ3) is 2.73. The van der Waals surface area contributed by atoms with Crippen LogP contribution in [-0.4, -0.2) is 22.2 Å². The number of aryl methyl sites for hydroxylation is 1. The van der Waals surface area contributed by atoms with Crippen LogP contribution in [0.3, 0.4) is 0 Å². The number of rotatable bonds is 4. The van der Waals surface area contributed by atoms with Gasteiger partial charge in [-0.1, -0.05) is 12.1 Å². The highest BCUT2D eigenvalue weighted by Crippen LogP contribution is 2.25. The van der Waals surface area contributed by atoms with Crippen molar-refractivity contribution in [2.24, 2.45) is 0 Å². The minimum Gasteiger partial charge on any atom is -0.390 e. The molecule has 2 N–H and O–H groups in total. The number of alkyl halides is 1. The second kappa shape index (κ2) is 5.86. The van der Waals surface area contributed by atoms with E-state index in [9.17, 15) is 10.2 Å². The molecule has 4 heteroatoms. The lowest BCUT2D eigenvalue weighted by Gasteiger charge is -2.20. The van der Waals surface area contributed by atoms with E-state index in [0.29, 0.717) is 17.5 Å². The van der Waals surface area contributed by atoms with Gasteiger partial charge in [-0.15, -0.1) is 11.6 Å². The number of benzene rings is 1. The van der Waals surface area contributed by atoms with Crippen LogP contribution in [0.1, 0.15) is 29.2 Å². The number of halogens is 1. The van der Waals surface area contributed by atoms with E-state index in [-0.39, 0.29) is 5.88 Å². The summed E-state index contributed by atoms with van der Waals surface area (Å²) in [5.74, 6) is 0.270. The quantitative estimate of drug-likeness (QED) is 0.789. The lowest BCUT2D eigenvalue weighted by molar-refractivity contribution is 0.0165. The summed E-state index contributed by atoms with van der Waals surface area (Å²) in [6.45, 7) is 1.80. The third-order valence-electron chi connectivity index (χ3n) is 2.51. The second-order valence-corrected chi connectivity index (χ2v) is 4.02. The van der Waals surface area contributed by atoms with Crippen LogP contribution in [0, 0.1) is 18.3 Å². The zero-order valence-electron chi connectivity index (χ0n) is 9.02. The largest absolute Gasteiger partial charge is 0.390 e. The first kappa shape index (κ1) is 13.0. The Balaban J connectivity index is 3.07. The van der Waals surface area contributed by atoms with Gasteiger partial charge in [0.05, 0.1) is 17.7 Å². The predicted molar refractivity (Wildman–Crippen MR) is 62.2 cm³/mol. The van der Waals surface area contributed by atoms with Gasteiger partial charge in [0.15, 0.2) is 0 Å². The summed E-state index contributed by atoms with van der Waals surface area (Å²) in [6.07, 6.45) is -1.71. The molecule has 0 bridgehead atoms. The Hall–Kier alpha value is -1.08. The van der Waals surface area contributed by atoms with E-state index in [1.165, 1.54) is 0 Å². The van der Waals surface area contributed by atoms with Crippen LogP contribution in [0.4, 0.5) is 0 Å². The van der Waals surface area contributed by atoms with Crippen LogP contribution in [-0.2, 0) is 0 Å². The molecule has 1 aromatic rings. The van der Waals surface area contributed by atoms with Gasteiger partial charge < -0.3 is 10.2 Å². The predicted octanol–water partition coefficient (Wildman–Crippen LogP) is 1.89. The molecule has 0 amide bonds. The van der Waals surface area contributed by atoms with Crippen molar-refractivity contribution in [3.8, 4) is 6.07 Å². The maximum absolute atomic E-state index is 9.95. The van der Waals surface area contributed by atoms with Crippen LogP contribution >= 0.6 is 11.6 Å². The van der Waals surface area contributed by atoms with Gasteiger partial charge in [-0.3, -0.25) is 0 Å². The molecule has 0 spiro atoms. The van der Waals surface area contributed by atoms with Gasteiger partial charge in [0.2, 0.25) is 0 Å². The first-order valence-electron chi connectivity index (χ1n) is 5.03. The van der Waals surface area contributed by atoms with E-state index < -0.39 is 12.2 Å². The number of hydrogen-bond acceptors (Lipinski definition) is 3. The van der Waals surface area contributed by atoms with Crippen LogP contribution in [0.2, 0.25) is 0 Å². The molecule has 0 aliphatic rings. The van der Waals surface area contributed by atoms with E-state index in [4.69, 9.17) is 16.9 Å². The number of nitrogens with zero attached hydrogens (tertiary/aromatic N) is 1. The van der Waals surface area contributed by atoms with Gasteiger partial charge in [-0.2, -0.15) is 5.26 Å². The van der Waals surface area contributed by atoms with Crippen LogP contribution < -0.4 is 0 Å². The maximum Gasteiger partial charge on any atom is 0.106 e. The fourth-order valence-corrected chi connectivity index (χ4v) is 1.86. The Morgan fingerprint density at radius 1 is 1.44 bits per heavy atom. The Labute approximate surface area is 99.9 Å². The zero-order valence-corrected chi connectivity index (χ0v) is 9.78. The van der Waals surface area contributed by atoms with Crippen molar-refractivity contribution in [2.75, 3.05) is 5.88 Å². The van der Waals surface area contributed by atoms with Gasteiger partial charge in [0.25, 0.3) is 0 Å². The van der Waals surface area contributed by atoms with E-state index in [2.05, 4.69) is 0 Å². The van der Waals surface area contributed by atoms with Gasteiger partial charge in [0, 0.05) is 11.4 Å². The number of aliphatic hydroxyl groups excluding tert-OH is 2. The Bertz CT molecular complexity index is 400. The van der Waals surface area contributed by atoms with E-state index >= 15 is 0 Å². The van der Waals surface area contributed by atoms with Crippen molar-refractivity contribution in [1.82, 2.24) is 0 Å². The minimum absolute atomic E-state index is 0.270. The van der Waals surface area contributed by atoms with E-state index in [1.807, 2.05) is 6.07 Å². The molecule has 1 rings (SSSR count). The highest BCUT2D eigenvalue weighted by molar-refractivity contribution is 6.17. The van der Waals surface area contributed by atoms with Crippen molar-refractivity contribution in [2.45, 2.75) is 25.6 Å². The van der Waals surface area contributed by atoms with Crippen molar-refractivity contribution in [1.29, 1.82) is 5.26 Å². The average molecular weight is 240 g/mol. The molecule has 0 fully saturated rings. The van der Waals surface area contributed by atoms with Crippen molar-refractivity contribution >= 4 is 11.6 Å². The Kier molecular flexibility index (Phi) is 4.75. The fourth-order valence-electron chi connectivity index (χ4n) is 1.63. The van der Waals surface area contributed by atoms with E-state index in [1.54, 1.807) is 25.1 Å². The molecule has 3 nitrogen and oxygen atoms in total. The number of nitriles is 1. The standard InChI is InChI=1S/C12H14ClNO2/c1-8-3-2-4-9(7-14)11(8)12(16)10(15)5-6-13/h2-4,10,12,15-16H,5-6H2,1H3. The summed E-state index contributed by atoms with van der Waals surface area (Å²) in [5.41, 5.74) is 1.67. The molecule has 1 aromatic carbocycles. The van der Waals surface area contributed by atoms with Crippen molar-refractivity contribution < 1.29 is 10.2 Å². The molecular formula is C12H14ClNO2. The molecule has 0 radical (unpaired) electrons. The average Bonchev–Trinajstić information content (AvgIpc) is 2.28. The molecular weight excluding hydrogens is 226 g/mol. The van der Waals surface area contributed by atoms with Crippen molar-refractivity contribution in [3.05, 3.63) is 34.9 Å². The molecule has 86 valence electrons. The topological polar surface area (TPSA) is 64.2 Å². The summed E-state index contributed by atoms with van der Waals surface area (Å²) in [7, 11) is 0. The lowest BCUT2D eigenvalue weighted by Crippen LogP contribution is -2.20. The highest BCUT2D eigenvalue weighted by atomic mass is 35.5. The van der Waals surface area contributed by atoms with Gasteiger partial charge in [-0.25, -0.2) is 0 Å². The normalized spacial score (nSPS) is 14.2. The number of aliphatic hydroxyl groups is 2. The fraction of sp³-hybridized carbons (Fsp3) is 0.417. The number of hydrogen-bond donors (Lipinski definition) is 2. The Morgan fingerprint density at radius 2 is 2.12 bits per heavy atom. The molecule has 0 saturated heterocycles. The summed E-state index contributed by atoms with van der Waals surface area (Å²) in [5, 5.41) is 28.6. The van der Waals surface area contributed by atoms with Crippen LogP contribution in [0.15, 0.2) is 18.2 Å². The second-order valence-electron chi connectivity index (χ2n) is 3.64. The summed E-state index contributed by atoms with van der Waals surface area (Å²) < 4.78 is 0. The summed E-state index contributed by atoms with van der Waals surface area (Å²) in [6, 6.07) is 7.18. The molecule has 2 atom stereocenters. The zero-order chi connectivity index (χ0) is 12.1. The summed E-state index contributed by atoms with van der Waals surface area (Å²) >= 11 is 5.51. The van der Waals surface area contributed by atoms with Gasteiger partial charge in [-0.05, 0) is 25.0 Å². The van der Waals surface area contributed by atoms with Crippen molar-refractivity contribution in [3.63, 3.8) is 0 Å². The highest BCUT2D eigenvalue weighted by Gasteiger charge is 2.22. The first-order valence-corrected chi connectivity index (χ1v) is 5.57. The summed E-state index contributed by atoms with van der Waals surface area (Å²) in [4.78, 5) is 0. The minimum atomic E-state index is -1.06. The molecule has 0 aliphatic carbocycles. The molecule has 2 unspecified atom stereocenters. The molecule has 0 heterocycles. The first-order chi connectivity index (χ1) is 7.61. The maximum atomic E-state index is 9.95. The lowest BCUT2D eigenvalue weighted by atomic mass is 9.94. The monoisotopic (exact) mass is 239 g/mol. The van der Waals surface area contributed by atoms with Crippen LogP contribution in [0.5, 0.6) is 0 Å². The van der Waals surface area contributed by atoms with E-state index in [0.717, 1.165) is 5.56 Å². The third-order valence-corrected chi connectivity index (χ3v) is 2.73. The molecule has 16 heavy (non-hydrogen) atoms. The van der Waals surface area contributed by atoms with Crippen LogP contribution in [0.25, 0.3) is 0 Å². The molecule has 0 aliphatic heterocycles. The smallest absolute Gasteiger partial charge is 0.106 e. The molecule has 0 aromatic heterocycles.